The molecule has 1 rings (SSSR count). The third kappa shape index (κ3) is 3.81. The quantitative estimate of drug-likeness (QED) is 0.687. The average molecular weight is 221 g/mol. The van der Waals surface area contributed by atoms with Crippen LogP contribution in [0.4, 0.5) is 16.2 Å². The Balaban J connectivity index is 2.59. The van der Waals surface area contributed by atoms with Crippen molar-refractivity contribution < 1.29 is 4.79 Å². The van der Waals surface area contributed by atoms with Crippen LogP contribution in [0.1, 0.15) is 27.2 Å². The summed E-state index contributed by atoms with van der Waals surface area (Å²) in [4.78, 5) is 11.6. The Kier molecular flexibility index (Phi) is 3.77. The molecule has 0 bridgehead atoms. The van der Waals surface area contributed by atoms with Crippen molar-refractivity contribution in [1.82, 2.24) is 5.32 Å². The van der Waals surface area contributed by atoms with Crippen LogP contribution in [0.15, 0.2) is 24.3 Å². The van der Waals surface area contributed by atoms with Crippen molar-refractivity contribution in [2.24, 2.45) is 0 Å². The van der Waals surface area contributed by atoms with Crippen molar-refractivity contribution in [3.63, 3.8) is 0 Å². The molecule has 0 fully saturated rings. The number of nitrogen functional groups attached to an aromatic ring is 1. The third-order valence-electron chi connectivity index (χ3n) is 2.48. The SMILES string of the molecule is CCC(C)(C)NC(=O)Nc1cccc(N)c1. The first kappa shape index (κ1) is 12.4. The number of anilines is 2. The summed E-state index contributed by atoms with van der Waals surface area (Å²) in [5.41, 5.74) is 6.74. The summed E-state index contributed by atoms with van der Waals surface area (Å²) in [7, 11) is 0. The van der Waals surface area contributed by atoms with E-state index in [1.807, 2.05) is 20.8 Å². The predicted octanol–water partition coefficient (Wildman–Crippen LogP) is 2.58. The van der Waals surface area contributed by atoms with Gasteiger partial charge in [0.2, 0.25) is 0 Å². The maximum absolute atomic E-state index is 11.6. The molecule has 4 heteroatoms. The van der Waals surface area contributed by atoms with Crippen molar-refractivity contribution in [1.29, 1.82) is 0 Å². The van der Waals surface area contributed by atoms with Crippen LogP contribution in [0, 0.1) is 0 Å². The number of carbonyl (C=O) groups excluding carboxylic acids is 1. The minimum atomic E-state index is -0.211. The van der Waals surface area contributed by atoms with Crippen LogP contribution in [0.25, 0.3) is 0 Å². The van der Waals surface area contributed by atoms with Gasteiger partial charge < -0.3 is 16.4 Å². The number of nitrogens with one attached hydrogen (secondary N) is 2. The number of urea groups is 1. The van der Waals surface area contributed by atoms with Crippen LogP contribution < -0.4 is 16.4 Å². The van der Waals surface area contributed by atoms with E-state index in [0.717, 1.165) is 6.42 Å². The van der Waals surface area contributed by atoms with Gasteiger partial charge in [0.25, 0.3) is 0 Å². The first-order chi connectivity index (χ1) is 7.43. The second-order valence-corrected chi connectivity index (χ2v) is 4.44. The van der Waals surface area contributed by atoms with Crippen molar-refractivity contribution in [3.05, 3.63) is 24.3 Å². The van der Waals surface area contributed by atoms with Gasteiger partial charge in [-0.15, -0.1) is 0 Å². The van der Waals surface area contributed by atoms with Crippen LogP contribution in [0.3, 0.4) is 0 Å². The van der Waals surface area contributed by atoms with Crippen LogP contribution in [-0.4, -0.2) is 11.6 Å². The lowest BCUT2D eigenvalue weighted by Crippen LogP contribution is -2.45. The topological polar surface area (TPSA) is 67.2 Å². The number of nitrogens with two attached hydrogens (primary N) is 1. The molecule has 16 heavy (non-hydrogen) atoms. The van der Waals surface area contributed by atoms with Gasteiger partial charge in [0.15, 0.2) is 0 Å². The molecule has 0 radical (unpaired) electrons. The number of benzene rings is 1. The van der Waals surface area contributed by atoms with E-state index in [1.54, 1.807) is 24.3 Å². The van der Waals surface area contributed by atoms with Crippen LogP contribution >= 0.6 is 0 Å². The van der Waals surface area contributed by atoms with Gasteiger partial charge in [0.05, 0.1) is 0 Å². The highest BCUT2D eigenvalue weighted by molar-refractivity contribution is 5.90. The minimum absolute atomic E-state index is 0.204. The smallest absolute Gasteiger partial charge is 0.319 e. The maximum Gasteiger partial charge on any atom is 0.319 e. The Morgan fingerprint density at radius 2 is 2.12 bits per heavy atom. The summed E-state index contributed by atoms with van der Waals surface area (Å²) in [6.45, 7) is 5.98. The average Bonchev–Trinajstić information content (AvgIpc) is 2.16. The Morgan fingerprint density at radius 1 is 1.44 bits per heavy atom. The molecule has 0 atom stereocenters. The first-order valence-electron chi connectivity index (χ1n) is 5.37. The molecule has 0 saturated carbocycles. The van der Waals surface area contributed by atoms with E-state index in [0.29, 0.717) is 11.4 Å². The molecule has 0 saturated heterocycles. The fourth-order valence-corrected chi connectivity index (χ4v) is 1.17. The molecule has 0 aromatic heterocycles. The Bertz CT molecular complexity index is 374. The molecule has 0 unspecified atom stereocenters. The lowest BCUT2D eigenvalue weighted by molar-refractivity contribution is 0.240. The van der Waals surface area contributed by atoms with Crippen LogP contribution in [0.2, 0.25) is 0 Å². The van der Waals surface area contributed by atoms with E-state index >= 15 is 0 Å². The molecule has 0 aliphatic carbocycles. The normalized spacial score (nSPS) is 10.9. The summed E-state index contributed by atoms with van der Waals surface area (Å²) in [5.74, 6) is 0. The van der Waals surface area contributed by atoms with Gasteiger partial charge in [-0.3, -0.25) is 0 Å². The number of hydrogen-bond donors (Lipinski definition) is 3. The fraction of sp³-hybridized carbons (Fsp3) is 0.417. The highest BCUT2D eigenvalue weighted by Crippen LogP contribution is 2.12. The lowest BCUT2D eigenvalue weighted by atomic mass is 10.0. The van der Waals surface area contributed by atoms with E-state index < -0.39 is 0 Å². The van der Waals surface area contributed by atoms with Crippen molar-refractivity contribution in [3.8, 4) is 0 Å². The van der Waals surface area contributed by atoms with E-state index in [2.05, 4.69) is 10.6 Å². The van der Waals surface area contributed by atoms with E-state index in [-0.39, 0.29) is 11.6 Å². The van der Waals surface area contributed by atoms with E-state index in [9.17, 15) is 4.79 Å². The number of hydrogen-bond acceptors (Lipinski definition) is 2. The van der Waals surface area contributed by atoms with Gasteiger partial charge in [-0.05, 0) is 38.5 Å². The Morgan fingerprint density at radius 3 is 2.69 bits per heavy atom. The monoisotopic (exact) mass is 221 g/mol. The Hall–Kier alpha value is -1.71. The second-order valence-electron chi connectivity index (χ2n) is 4.44. The standard InChI is InChI=1S/C12H19N3O/c1-4-12(2,3)15-11(16)14-10-7-5-6-9(13)8-10/h5-8H,4,13H2,1-3H3,(H2,14,15,16). The van der Waals surface area contributed by atoms with Gasteiger partial charge in [0.1, 0.15) is 0 Å². The van der Waals surface area contributed by atoms with Gasteiger partial charge >= 0.3 is 6.03 Å². The molecule has 0 heterocycles. The number of amides is 2. The highest BCUT2D eigenvalue weighted by atomic mass is 16.2. The van der Waals surface area contributed by atoms with Crippen molar-refractivity contribution in [2.45, 2.75) is 32.7 Å². The molecule has 1 aromatic carbocycles. The number of carbonyl (C=O) groups is 1. The van der Waals surface area contributed by atoms with Crippen molar-refractivity contribution >= 4 is 17.4 Å². The summed E-state index contributed by atoms with van der Waals surface area (Å²) in [5, 5.41) is 5.63. The van der Waals surface area contributed by atoms with E-state index in [4.69, 9.17) is 5.73 Å². The van der Waals surface area contributed by atoms with Crippen molar-refractivity contribution in [2.75, 3.05) is 11.1 Å². The lowest BCUT2D eigenvalue weighted by Gasteiger charge is -2.24. The summed E-state index contributed by atoms with van der Waals surface area (Å²) in [6.07, 6.45) is 0.872. The zero-order chi connectivity index (χ0) is 12.2. The maximum atomic E-state index is 11.6. The molecule has 88 valence electrons. The summed E-state index contributed by atoms with van der Waals surface area (Å²) in [6, 6.07) is 6.89. The van der Waals surface area contributed by atoms with Crippen LogP contribution in [-0.2, 0) is 0 Å². The molecule has 2 amide bonds. The second kappa shape index (κ2) is 4.88. The zero-order valence-corrected chi connectivity index (χ0v) is 10.0. The molecular formula is C12H19N3O. The largest absolute Gasteiger partial charge is 0.399 e. The zero-order valence-electron chi connectivity index (χ0n) is 10.0. The summed E-state index contributed by atoms with van der Waals surface area (Å²) >= 11 is 0. The first-order valence-corrected chi connectivity index (χ1v) is 5.37. The molecule has 0 spiro atoms. The highest BCUT2D eigenvalue weighted by Gasteiger charge is 2.17. The predicted molar refractivity (Wildman–Crippen MR) is 67.4 cm³/mol. The molecule has 0 aliphatic rings. The van der Waals surface area contributed by atoms with Gasteiger partial charge in [-0.25, -0.2) is 4.79 Å². The molecule has 4 N–H and O–H groups in total. The van der Waals surface area contributed by atoms with Gasteiger partial charge in [-0.2, -0.15) is 0 Å². The molecular weight excluding hydrogens is 202 g/mol. The van der Waals surface area contributed by atoms with Gasteiger partial charge in [-0.1, -0.05) is 13.0 Å². The fourth-order valence-electron chi connectivity index (χ4n) is 1.17. The van der Waals surface area contributed by atoms with E-state index in [1.165, 1.54) is 0 Å². The van der Waals surface area contributed by atoms with Crippen LogP contribution in [0.5, 0.6) is 0 Å². The molecule has 4 nitrogen and oxygen atoms in total. The molecule has 1 aromatic rings. The number of rotatable bonds is 3. The Labute approximate surface area is 96.2 Å². The van der Waals surface area contributed by atoms with Gasteiger partial charge in [0, 0.05) is 16.9 Å². The molecule has 0 aliphatic heterocycles. The summed E-state index contributed by atoms with van der Waals surface area (Å²) < 4.78 is 0. The minimum Gasteiger partial charge on any atom is -0.399 e. The third-order valence-corrected chi connectivity index (χ3v) is 2.48.